The quantitative estimate of drug-likeness (QED) is 0.434. The second-order valence-electron chi connectivity index (χ2n) is 8.14. The van der Waals surface area contributed by atoms with Crippen LogP contribution in [0.5, 0.6) is 5.75 Å². The number of carboxylic acids is 1. The van der Waals surface area contributed by atoms with E-state index >= 15 is 0 Å². The second-order valence-corrected chi connectivity index (χ2v) is 8.95. The maximum Gasteiger partial charge on any atom is 0.304 e. The van der Waals surface area contributed by atoms with E-state index in [0.29, 0.717) is 41.7 Å². The van der Waals surface area contributed by atoms with Gasteiger partial charge in [0.05, 0.1) is 23.1 Å². The highest BCUT2D eigenvalue weighted by Gasteiger charge is 2.34. The minimum atomic E-state index is -1.06. The number of amides is 2. The van der Waals surface area contributed by atoms with Crippen molar-refractivity contribution in [3.63, 3.8) is 0 Å². The van der Waals surface area contributed by atoms with Gasteiger partial charge >= 0.3 is 5.97 Å². The first-order chi connectivity index (χ1) is 14.0. The van der Waals surface area contributed by atoms with Gasteiger partial charge in [-0.25, -0.2) is 0 Å². The molecule has 0 fully saturated rings. The first-order valence-corrected chi connectivity index (χ1v) is 10.5. The van der Waals surface area contributed by atoms with E-state index in [1.165, 1.54) is 7.05 Å². The Bertz CT molecular complexity index is 749. The fourth-order valence-corrected chi connectivity index (χ4v) is 3.15. The van der Waals surface area contributed by atoms with Gasteiger partial charge in [0.25, 0.3) is 0 Å². The van der Waals surface area contributed by atoms with E-state index < -0.39 is 29.3 Å². The van der Waals surface area contributed by atoms with Gasteiger partial charge in [-0.2, -0.15) is 0 Å². The van der Waals surface area contributed by atoms with Gasteiger partial charge < -0.3 is 20.5 Å². The normalized spacial score (nSPS) is 13.3. The third-order valence-corrected chi connectivity index (χ3v) is 5.30. The van der Waals surface area contributed by atoms with Crippen LogP contribution in [0.2, 0.25) is 10.0 Å². The van der Waals surface area contributed by atoms with Gasteiger partial charge in [-0.3, -0.25) is 14.4 Å². The molecule has 2 amide bonds. The Labute approximate surface area is 187 Å². The fourth-order valence-electron chi connectivity index (χ4n) is 2.87. The molecule has 1 rings (SSSR count). The Morgan fingerprint density at radius 2 is 1.77 bits per heavy atom. The zero-order valence-corrected chi connectivity index (χ0v) is 19.3. The molecule has 1 aromatic carbocycles. The number of hydrogen-bond acceptors (Lipinski definition) is 4. The molecular formula is C21H30Cl2N2O5. The monoisotopic (exact) mass is 460 g/mol. The minimum Gasteiger partial charge on any atom is -0.494 e. The first-order valence-electron chi connectivity index (χ1n) is 9.77. The van der Waals surface area contributed by atoms with Crippen molar-refractivity contribution in [3.8, 4) is 5.75 Å². The number of carbonyl (C=O) groups excluding carboxylic acids is 2. The van der Waals surface area contributed by atoms with Crippen LogP contribution in [-0.4, -0.2) is 42.6 Å². The fraction of sp³-hybridized carbons (Fsp3) is 0.571. The number of unbranched alkanes of at least 4 members (excludes halogenated alkanes) is 1. The lowest BCUT2D eigenvalue weighted by atomic mass is 9.85. The number of nitrogens with one attached hydrogen (secondary N) is 2. The van der Waals surface area contributed by atoms with Gasteiger partial charge in [0.2, 0.25) is 11.8 Å². The summed E-state index contributed by atoms with van der Waals surface area (Å²) >= 11 is 11.8. The molecule has 0 saturated carbocycles. The Morgan fingerprint density at radius 1 is 1.10 bits per heavy atom. The van der Waals surface area contributed by atoms with Crippen LogP contribution in [0.3, 0.4) is 0 Å². The first kappa shape index (κ1) is 26.0. The van der Waals surface area contributed by atoms with Crippen LogP contribution in [0.15, 0.2) is 18.2 Å². The molecule has 30 heavy (non-hydrogen) atoms. The summed E-state index contributed by atoms with van der Waals surface area (Å²) in [6.07, 6.45) is 1.28. The summed E-state index contributed by atoms with van der Waals surface area (Å²) in [7, 11) is 1.50. The van der Waals surface area contributed by atoms with Gasteiger partial charge in [0, 0.05) is 19.0 Å². The van der Waals surface area contributed by atoms with Crippen LogP contribution < -0.4 is 15.4 Å². The van der Waals surface area contributed by atoms with E-state index in [1.807, 2.05) is 20.8 Å². The molecule has 0 heterocycles. The van der Waals surface area contributed by atoms with Gasteiger partial charge in [-0.1, -0.05) is 44.0 Å². The molecule has 0 saturated heterocycles. The molecule has 168 valence electrons. The molecule has 0 spiro atoms. The summed E-state index contributed by atoms with van der Waals surface area (Å²) in [4.78, 5) is 36.1. The summed E-state index contributed by atoms with van der Waals surface area (Å²) in [5.41, 5.74) is -0.517. The average Bonchev–Trinajstić information content (AvgIpc) is 2.65. The van der Waals surface area contributed by atoms with E-state index in [9.17, 15) is 19.5 Å². The van der Waals surface area contributed by atoms with E-state index in [2.05, 4.69) is 10.6 Å². The second kappa shape index (κ2) is 12.0. The SMILES string of the molecule is CNC(=O)[C@@H](NC(=O)[C@H](CCCCOc1ccc(Cl)c(Cl)c1)CC(=O)O)C(C)(C)C. The van der Waals surface area contributed by atoms with Crippen molar-refractivity contribution in [1.82, 2.24) is 10.6 Å². The van der Waals surface area contributed by atoms with Crippen LogP contribution in [0.25, 0.3) is 0 Å². The molecule has 0 unspecified atom stereocenters. The molecule has 2 atom stereocenters. The topological polar surface area (TPSA) is 105 Å². The third kappa shape index (κ3) is 8.79. The van der Waals surface area contributed by atoms with E-state index in [1.54, 1.807) is 18.2 Å². The van der Waals surface area contributed by atoms with Crippen LogP contribution >= 0.6 is 23.2 Å². The largest absolute Gasteiger partial charge is 0.494 e. The average molecular weight is 461 g/mol. The summed E-state index contributed by atoms with van der Waals surface area (Å²) in [6, 6.07) is 4.21. The standard InChI is InChI=1S/C21H30Cl2N2O5/c1-21(2,3)18(20(29)24-4)25-19(28)13(11-17(26)27)7-5-6-10-30-14-8-9-15(22)16(23)12-14/h8-9,12-13,18H,5-7,10-11H2,1-4H3,(H,24,29)(H,25,28)(H,26,27)/t13-,18-/m1/s1. The van der Waals surface area contributed by atoms with E-state index in [4.69, 9.17) is 27.9 Å². The van der Waals surface area contributed by atoms with Crippen LogP contribution in [-0.2, 0) is 14.4 Å². The Kier molecular flexibility index (Phi) is 10.4. The number of carboxylic acid groups (broad SMARTS) is 1. The van der Waals surface area contributed by atoms with E-state index in [-0.39, 0.29) is 12.3 Å². The Hall–Kier alpha value is -1.99. The van der Waals surface area contributed by atoms with Gasteiger partial charge in [-0.05, 0) is 36.8 Å². The third-order valence-electron chi connectivity index (χ3n) is 4.56. The van der Waals surface area contributed by atoms with Crippen LogP contribution in [0.1, 0.15) is 46.5 Å². The van der Waals surface area contributed by atoms with Crippen molar-refractivity contribution in [2.75, 3.05) is 13.7 Å². The highest BCUT2D eigenvalue weighted by molar-refractivity contribution is 6.42. The molecule has 0 radical (unpaired) electrons. The highest BCUT2D eigenvalue weighted by atomic mass is 35.5. The van der Waals surface area contributed by atoms with Gasteiger partial charge in [0.1, 0.15) is 11.8 Å². The number of rotatable bonds is 11. The molecule has 3 N–H and O–H groups in total. The molecular weight excluding hydrogens is 431 g/mol. The summed E-state index contributed by atoms with van der Waals surface area (Å²) in [6.45, 7) is 5.89. The summed E-state index contributed by atoms with van der Waals surface area (Å²) < 4.78 is 5.61. The van der Waals surface area contributed by atoms with Crippen molar-refractivity contribution in [2.24, 2.45) is 11.3 Å². The molecule has 0 bridgehead atoms. The highest BCUT2D eigenvalue weighted by Crippen LogP contribution is 2.26. The lowest BCUT2D eigenvalue weighted by Gasteiger charge is -2.31. The van der Waals surface area contributed by atoms with Crippen LogP contribution in [0.4, 0.5) is 0 Å². The van der Waals surface area contributed by atoms with Crippen LogP contribution in [0, 0.1) is 11.3 Å². The molecule has 9 heteroatoms. The van der Waals surface area contributed by atoms with Crippen molar-refractivity contribution in [3.05, 3.63) is 28.2 Å². The van der Waals surface area contributed by atoms with E-state index in [0.717, 1.165) is 0 Å². The molecule has 7 nitrogen and oxygen atoms in total. The zero-order chi connectivity index (χ0) is 22.9. The maximum atomic E-state index is 12.7. The maximum absolute atomic E-state index is 12.7. The van der Waals surface area contributed by atoms with Crippen molar-refractivity contribution >= 4 is 41.0 Å². The predicted octanol–water partition coefficient (Wildman–Crippen LogP) is 3.91. The molecule has 0 aliphatic rings. The lowest BCUT2D eigenvalue weighted by molar-refractivity contribution is -0.142. The number of hydrogen-bond donors (Lipinski definition) is 3. The van der Waals surface area contributed by atoms with Crippen molar-refractivity contribution in [1.29, 1.82) is 0 Å². The summed E-state index contributed by atoms with van der Waals surface area (Å²) in [5, 5.41) is 15.3. The smallest absolute Gasteiger partial charge is 0.304 e. The molecule has 0 aliphatic heterocycles. The van der Waals surface area contributed by atoms with Crippen molar-refractivity contribution in [2.45, 2.75) is 52.5 Å². The number of likely N-dealkylation sites (N-methyl/N-ethyl adjacent to an activating group) is 1. The number of aliphatic carboxylic acids is 1. The number of benzene rings is 1. The van der Waals surface area contributed by atoms with Gasteiger partial charge in [0.15, 0.2) is 0 Å². The summed E-state index contributed by atoms with van der Waals surface area (Å²) in [5.74, 6) is -1.97. The Morgan fingerprint density at radius 3 is 2.30 bits per heavy atom. The van der Waals surface area contributed by atoms with Crippen molar-refractivity contribution < 1.29 is 24.2 Å². The lowest BCUT2D eigenvalue weighted by Crippen LogP contribution is -2.54. The molecule has 0 aliphatic carbocycles. The number of ether oxygens (including phenoxy) is 1. The molecule has 0 aromatic heterocycles. The number of carbonyl (C=O) groups is 3. The predicted molar refractivity (Wildman–Crippen MR) is 117 cm³/mol. The van der Waals surface area contributed by atoms with Gasteiger partial charge in [-0.15, -0.1) is 0 Å². The number of halogens is 2. The zero-order valence-electron chi connectivity index (χ0n) is 17.8. The Balaban J connectivity index is 2.61. The minimum absolute atomic E-state index is 0.301. The molecule has 1 aromatic rings.